The summed E-state index contributed by atoms with van der Waals surface area (Å²) in [6.45, 7) is 2.08. The fourth-order valence-corrected chi connectivity index (χ4v) is 3.41. The van der Waals surface area contributed by atoms with E-state index in [0.29, 0.717) is 10.0 Å². The molecule has 3 rings (SSSR count). The minimum absolute atomic E-state index is 0.632. The lowest BCUT2D eigenvalue weighted by atomic mass is 10.2. The zero-order chi connectivity index (χ0) is 12.7. The second kappa shape index (κ2) is 4.54. The average molecular weight is 294 g/mol. The molecule has 0 radical (unpaired) electrons. The molecule has 0 unspecified atom stereocenters. The lowest BCUT2D eigenvalue weighted by Gasteiger charge is -1.98. The van der Waals surface area contributed by atoms with Crippen molar-refractivity contribution in [3.8, 4) is 10.6 Å². The fraction of sp³-hybridized carbons (Fsp3) is 0.0714. The van der Waals surface area contributed by atoms with Gasteiger partial charge in [0.25, 0.3) is 0 Å². The molecule has 1 heterocycles. The van der Waals surface area contributed by atoms with E-state index in [1.165, 1.54) is 10.3 Å². The van der Waals surface area contributed by atoms with Gasteiger partial charge in [-0.1, -0.05) is 29.3 Å². The van der Waals surface area contributed by atoms with Crippen molar-refractivity contribution in [1.29, 1.82) is 0 Å². The maximum absolute atomic E-state index is 6.02. The molecule has 0 aliphatic heterocycles. The van der Waals surface area contributed by atoms with Gasteiger partial charge in [-0.15, -0.1) is 11.3 Å². The predicted octanol–water partition coefficient (Wildman–Crippen LogP) is 5.58. The third-order valence-corrected chi connectivity index (χ3v) is 4.16. The van der Waals surface area contributed by atoms with E-state index in [2.05, 4.69) is 24.0 Å². The van der Waals surface area contributed by atoms with Gasteiger partial charge in [-0.25, -0.2) is 4.98 Å². The number of halogens is 2. The molecule has 4 heteroatoms. The molecule has 1 aromatic heterocycles. The van der Waals surface area contributed by atoms with E-state index in [1.54, 1.807) is 17.4 Å². The van der Waals surface area contributed by atoms with Gasteiger partial charge in [0, 0.05) is 15.6 Å². The number of nitrogens with zero attached hydrogens (tertiary/aromatic N) is 1. The van der Waals surface area contributed by atoms with Crippen molar-refractivity contribution in [1.82, 2.24) is 4.98 Å². The standard InChI is InChI=1S/C14H9Cl2NS/c1-8-2-3-12-13(4-8)18-14(17-12)9-5-10(15)7-11(16)6-9/h2-7H,1H3. The molecule has 1 nitrogen and oxygen atoms in total. The number of fused-ring (bicyclic) bond motifs is 1. The van der Waals surface area contributed by atoms with Gasteiger partial charge in [-0.05, 0) is 42.8 Å². The molecule has 0 atom stereocenters. The normalized spacial score (nSPS) is 11.1. The van der Waals surface area contributed by atoms with Crippen LogP contribution in [-0.2, 0) is 0 Å². The van der Waals surface area contributed by atoms with Crippen molar-refractivity contribution in [2.45, 2.75) is 6.92 Å². The van der Waals surface area contributed by atoms with Gasteiger partial charge in [0.2, 0.25) is 0 Å². The smallest absolute Gasteiger partial charge is 0.124 e. The fourth-order valence-electron chi connectivity index (χ4n) is 1.83. The quantitative estimate of drug-likeness (QED) is 0.571. The molecule has 3 aromatic rings. The summed E-state index contributed by atoms with van der Waals surface area (Å²) in [6, 6.07) is 11.7. The van der Waals surface area contributed by atoms with E-state index < -0.39 is 0 Å². The van der Waals surface area contributed by atoms with Crippen molar-refractivity contribution < 1.29 is 0 Å². The SMILES string of the molecule is Cc1ccc2nc(-c3cc(Cl)cc(Cl)c3)sc2c1. The summed E-state index contributed by atoms with van der Waals surface area (Å²) in [4.78, 5) is 4.61. The molecule has 0 aliphatic rings. The molecule has 0 fully saturated rings. The zero-order valence-electron chi connectivity index (χ0n) is 9.58. The molecule has 0 saturated carbocycles. The molecule has 0 N–H and O–H groups in total. The molecule has 90 valence electrons. The van der Waals surface area contributed by atoms with E-state index >= 15 is 0 Å². The van der Waals surface area contributed by atoms with Crippen molar-refractivity contribution in [3.05, 3.63) is 52.0 Å². The zero-order valence-corrected chi connectivity index (χ0v) is 11.9. The largest absolute Gasteiger partial charge is 0.236 e. The molecular weight excluding hydrogens is 285 g/mol. The van der Waals surface area contributed by atoms with Crippen molar-refractivity contribution in [3.63, 3.8) is 0 Å². The lowest BCUT2D eigenvalue weighted by Crippen LogP contribution is -1.77. The van der Waals surface area contributed by atoms with Crippen LogP contribution in [0.2, 0.25) is 10.0 Å². The molecule has 0 bridgehead atoms. The van der Waals surface area contributed by atoms with Crippen LogP contribution in [0.5, 0.6) is 0 Å². The average Bonchev–Trinajstić information content (AvgIpc) is 2.70. The Morgan fingerprint density at radius 2 is 1.72 bits per heavy atom. The monoisotopic (exact) mass is 293 g/mol. The van der Waals surface area contributed by atoms with E-state index in [4.69, 9.17) is 23.2 Å². The van der Waals surface area contributed by atoms with Crippen molar-refractivity contribution in [2.24, 2.45) is 0 Å². The number of thiazole rings is 1. The van der Waals surface area contributed by atoms with Crippen molar-refractivity contribution in [2.75, 3.05) is 0 Å². The summed E-state index contributed by atoms with van der Waals surface area (Å²) in [5, 5.41) is 2.21. The molecule has 0 aliphatic carbocycles. The summed E-state index contributed by atoms with van der Waals surface area (Å²) in [7, 11) is 0. The third kappa shape index (κ3) is 2.24. The van der Waals surface area contributed by atoms with E-state index in [1.807, 2.05) is 18.2 Å². The molecule has 0 amide bonds. The molecule has 2 aromatic carbocycles. The Morgan fingerprint density at radius 3 is 2.44 bits per heavy atom. The molecular formula is C14H9Cl2NS. The second-order valence-corrected chi connectivity index (χ2v) is 6.05. The summed E-state index contributed by atoms with van der Waals surface area (Å²) < 4.78 is 1.18. The van der Waals surface area contributed by atoms with Crippen LogP contribution < -0.4 is 0 Å². The number of aryl methyl sites for hydroxylation is 1. The van der Waals surface area contributed by atoms with Crippen LogP contribution in [0.25, 0.3) is 20.8 Å². The van der Waals surface area contributed by atoms with Gasteiger partial charge < -0.3 is 0 Å². The van der Waals surface area contributed by atoms with Crippen LogP contribution in [0.15, 0.2) is 36.4 Å². The van der Waals surface area contributed by atoms with Crippen LogP contribution in [0, 0.1) is 6.92 Å². The third-order valence-electron chi connectivity index (χ3n) is 2.65. The molecule has 0 saturated heterocycles. The maximum Gasteiger partial charge on any atom is 0.124 e. The number of hydrogen-bond acceptors (Lipinski definition) is 2. The van der Waals surface area contributed by atoms with E-state index in [-0.39, 0.29) is 0 Å². The maximum atomic E-state index is 6.02. The second-order valence-electron chi connectivity index (χ2n) is 4.15. The van der Waals surface area contributed by atoms with Gasteiger partial charge >= 0.3 is 0 Å². The Balaban J connectivity index is 2.19. The number of rotatable bonds is 1. The van der Waals surface area contributed by atoms with Gasteiger partial charge in [-0.2, -0.15) is 0 Å². The van der Waals surface area contributed by atoms with E-state index in [0.717, 1.165) is 16.1 Å². The summed E-state index contributed by atoms with van der Waals surface area (Å²) >= 11 is 13.7. The lowest BCUT2D eigenvalue weighted by molar-refractivity contribution is 1.45. The minimum atomic E-state index is 0.632. The molecule has 18 heavy (non-hydrogen) atoms. The van der Waals surface area contributed by atoms with Crippen molar-refractivity contribution >= 4 is 44.8 Å². The Bertz CT molecular complexity index is 713. The predicted molar refractivity (Wildman–Crippen MR) is 79.8 cm³/mol. The molecule has 0 spiro atoms. The van der Waals surface area contributed by atoms with Gasteiger partial charge in [0.05, 0.1) is 10.2 Å². The Morgan fingerprint density at radius 1 is 1.00 bits per heavy atom. The van der Waals surface area contributed by atoms with Gasteiger partial charge in [0.1, 0.15) is 5.01 Å². The van der Waals surface area contributed by atoms with E-state index in [9.17, 15) is 0 Å². The number of aromatic nitrogens is 1. The summed E-state index contributed by atoms with van der Waals surface area (Å²) in [6.07, 6.45) is 0. The van der Waals surface area contributed by atoms with Crippen LogP contribution >= 0.6 is 34.5 Å². The van der Waals surface area contributed by atoms with Gasteiger partial charge in [0.15, 0.2) is 0 Å². The topological polar surface area (TPSA) is 12.9 Å². The summed E-state index contributed by atoms with van der Waals surface area (Å²) in [5.74, 6) is 0. The highest BCUT2D eigenvalue weighted by Crippen LogP contribution is 2.33. The van der Waals surface area contributed by atoms with Crippen LogP contribution in [-0.4, -0.2) is 4.98 Å². The van der Waals surface area contributed by atoms with Crippen LogP contribution in [0.1, 0.15) is 5.56 Å². The highest BCUT2D eigenvalue weighted by Gasteiger charge is 2.08. The number of hydrogen-bond donors (Lipinski definition) is 0. The van der Waals surface area contributed by atoms with Crippen LogP contribution in [0.4, 0.5) is 0 Å². The first-order chi connectivity index (χ1) is 8.61. The Labute approximate surface area is 119 Å². The Kier molecular flexibility index (Phi) is 3.02. The highest BCUT2D eigenvalue weighted by molar-refractivity contribution is 7.21. The summed E-state index contributed by atoms with van der Waals surface area (Å²) in [5.41, 5.74) is 3.21. The number of benzene rings is 2. The minimum Gasteiger partial charge on any atom is -0.236 e. The first-order valence-electron chi connectivity index (χ1n) is 5.45. The first kappa shape index (κ1) is 12.0. The first-order valence-corrected chi connectivity index (χ1v) is 7.03. The van der Waals surface area contributed by atoms with Crippen LogP contribution in [0.3, 0.4) is 0 Å². The van der Waals surface area contributed by atoms with Gasteiger partial charge in [-0.3, -0.25) is 0 Å². The Hall–Kier alpha value is -1.09. The highest BCUT2D eigenvalue weighted by atomic mass is 35.5.